The second kappa shape index (κ2) is 11.7. The van der Waals surface area contributed by atoms with Gasteiger partial charge in [-0.1, -0.05) is 38.5 Å². The van der Waals surface area contributed by atoms with Crippen LogP contribution in [0.4, 0.5) is 0 Å². The highest BCUT2D eigenvalue weighted by Crippen LogP contribution is 2.27. The number of fused-ring (bicyclic) bond motifs is 1. The highest BCUT2D eigenvalue weighted by atomic mass is 16.5. The van der Waals surface area contributed by atoms with Crippen molar-refractivity contribution in [2.75, 3.05) is 13.2 Å². The monoisotopic (exact) mass is 429 g/mol. The largest absolute Gasteiger partial charge is 0.489 e. The summed E-state index contributed by atoms with van der Waals surface area (Å²) in [6, 6.07) is 3.83. The summed E-state index contributed by atoms with van der Waals surface area (Å²) >= 11 is 0. The molecule has 170 valence electrons. The number of rotatable bonds is 12. The van der Waals surface area contributed by atoms with E-state index in [4.69, 9.17) is 9.84 Å². The molecule has 0 unspecified atom stereocenters. The molecule has 1 amide bonds. The summed E-state index contributed by atoms with van der Waals surface area (Å²) in [7, 11) is 0. The Morgan fingerprint density at radius 3 is 2.68 bits per heavy atom. The highest BCUT2D eigenvalue weighted by molar-refractivity contribution is 5.94. The summed E-state index contributed by atoms with van der Waals surface area (Å²) in [5.41, 5.74) is 1.94. The number of pyridine rings is 1. The third kappa shape index (κ3) is 6.71. The van der Waals surface area contributed by atoms with Crippen molar-refractivity contribution in [2.45, 2.75) is 77.6 Å². The molecule has 2 N–H and O–H groups in total. The van der Waals surface area contributed by atoms with E-state index in [0.717, 1.165) is 31.4 Å². The molecule has 1 fully saturated rings. The van der Waals surface area contributed by atoms with Gasteiger partial charge in [-0.25, -0.2) is 4.98 Å². The average molecular weight is 430 g/mol. The molecule has 2 heterocycles. The van der Waals surface area contributed by atoms with Crippen LogP contribution in [0.15, 0.2) is 18.3 Å². The third-order valence-corrected chi connectivity index (χ3v) is 6.06. The smallest absolute Gasteiger partial charge is 0.303 e. The fraction of sp³-hybridized carbons (Fsp3) is 0.625. The number of carbonyl (C=O) groups excluding carboxylic acids is 1. The van der Waals surface area contributed by atoms with Crippen molar-refractivity contribution in [3.63, 3.8) is 0 Å². The predicted molar refractivity (Wildman–Crippen MR) is 120 cm³/mol. The lowest BCUT2D eigenvalue weighted by atomic mass is 9.90. The van der Waals surface area contributed by atoms with Crippen molar-refractivity contribution in [1.29, 1.82) is 0 Å². The molecule has 1 aliphatic rings. The Morgan fingerprint density at radius 1 is 1.16 bits per heavy atom. The Morgan fingerprint density at radius 2 is 1.90 bits per heavy atom. The van der Waals surface area contributed by atoms with Gasteiger partial charge in [-0.05, 0) is 50.7 Å². The van der Waals surface area contributed by atoms with Crippen LogP contribution < -0.4 is 10.1 Å². The van der Waals surface area contributed by atoms with E-state index < -0.39 is 5.97 Å². The molecule has 3 rings (SSSR count). The zero-order valence-electron chi connectivity index (χ0n) is 18.6. The van der Waals surface area contributed by atoms with Crippen LogP contribution in [0.25, 0.3) is 5.65 Å². The van der Waals surface area contributed by atoms with Gasteiger partial charge in [0.25, 0.3) is 5.91 Å². The Bertz CT molecular complexity index is 871. The number of carboxylic acids is 1. The summed E-state index contributed by atoms with van der Waals surface area (Å²) in [6.07, 6.45) is 12.9. The molecule has 0 saturated heterocycles. The zero-order valence-corrected chi connectivity index (χ0v) is 18.6. The van der Waals surface area contributed by atoms with Gasteiger partial charge in [0.05, 0.1) is 12.3 Å². The van der Waals surface area contributed by atoms with Gasteiger partial charge in [0, 0.05) is 19.2 Å². The van der Waals surface area contributed by atoms with E-state index in [0.29, 0.717) is 42.5 Å². The number of hydrogen-bond acceptors (Lipinski definition) is 4. The van der Waals surface area contributed by atoms with E-state index in [1.165, 1.54) is 32.1 Å². The quantitative estimate of drug-likeness (QED) is 0.475. The van der Waals surface area contributed by atoms with Crippen molar-refractivity contribution in [2.24, 2.45) is 5.92 Å². The maximum Gasteiger partial charge on any atom is 0.303 e. The molecular weight excluding hydrogens is 394 g/mol. The molecule has 2 aromatic rings. The molecule has 0 aromatic carbocycles. The van der Waals surface area contributed by atoms with Crippen molar-refractivity contribution >= 4 is 17.5 Å². The average Bonchev–Trinajstić information content (AvgIpc) is 3.11. The van der Waals surface area contributed by atoms with Gasteiger partial charge in [-0.15, -0.1) is 0 Å². The van der Waals surface area contributed by atoms with Crippen molar-refractivity contribution in [1.82, 2.24) is 14.7 Å². The Hall–Kier alpha value is -2.57. The summed E-state index contributed by atoms with van der Waals surface area (Å²) in [6.45, 7) is 3.16. The second-order valence-electron chi connectivity index (χ2n) is 8.59. The first-order chi connectivity index (χ1) is 15.1. The van der Waals surface area contributed by atoms with Gasteiger partial charge >= 0.3 is 5.97 Å². The first-order valence-corrected chi connectivity index (χ1v) is 11.7. The molecule has 7 heteroatoms. The number of hydrogen-bond donors (Lipinski definition) is 2. The van der Waals surface area contributed by atoms with Crippen LogP contribution in [-0.4, -0.2) is 39.5 Å². The van der Waals surface area contributed by atoms with E-state index in [-0.39, 0.29) is 12.3 Å². The first kappa shape index (κ1) is 23.1. The number of imidazole rings is 1. The minimum atomic E-state index is -0.738. The molecule has 31 heavy (non-hydrogen) atoms. The van der Waals surface area contributed by atoms with E-state index in [2.05, 4.69) is 10.3 Å². The number of aryl methyl sites for hydroxylation is 1. The topological polar surface area (TPSA) is 92.9 Å². The molecule has 0 radical (unpaired) electrons. The van der Waals surface area contributed by atoms with Crippen LogP contribution in [0.5, 0.6) is 5.75 Å². The molecule has 1 saturated carbocycles. The Balaban J connectivity index is 1.51. The molecular formula is C24H35N3O4. The van der Waals surface area contributed by atoms with Crippen LogP contribution in [-0.2, 0) is 4.79 Å². The number of carbonyl (C=O) groups is 2. The lowest BCUT2D eigenvalue weighted by Gasteiger charge is -2.21. The maximum absolute atomic E-state index is 12.8. The fourth-order valence-electron chi connectivity index (χ4n) is 4.32. The van der Waals surface area contributed by atoms with Crippen molar-refractivity contribution in [3.8, 4) is 5.75 Å². The fourth-order valence-corrected chi connectivity index (χ4v) is 4.32. The summed E-state index contributed by atoms with van der Waals surface area (Å²) < 4.78 is 7.94. The molecule has 0 aliphatic heterocycles. The molecule has 7 nitrogen and oxygen atoms in total. The molecule has 1 aliphatic carbocycles. The van der Waals surface area contributed by atoms with Gasteiger partial charge in [-0.2, -0.15) is 0 Å². The molecule has 0 spiro atoms. The third-order valence-electron chi connectivity index (χ3n) is 6.06. The number of amides is 1. The van der Waals surface area contributed by atoms with Crippen molar-refractivity contribution < 1.29 is 19.4 Å². The normalized spacial score (nSPS) is 14.6. The van der Waals surface area contributed by atoms with E-state index in [9.17, 15) is 9.59 Å². The van der Waals surface area contributed by atoms with Gasteiger partial charge in [0.1, 0.15) is 5.69 Å². The molecule has 2 aromatic heterocycles. The number of aromatic nitrogens is 2. The van der Waals surface area contributed by atoms with Gasteiger partial charge in [-0.3, -0.25) is 14.0 Å². The zero-order chi connectivity index (χ0) is 22.1. The minimum Gasteiger partial charge on any atom is -0.489 e. The lowest BCUT2D eigenvalue weighted by Crippen LogP contribution is -2.26. The number of ether oxygens (including phenoxy) is 1. The summed E-state index contributed by atoms with van der Waals surface area (Å²) in [4.78, 5) is 27.9. The van der Waals surface area contributed by atoms with Gasteiger partial charge in [0.15, 0.2) is 11.4 Å². The molecule has 0 bridgehead atoms. The van der Waals surface area contributed by atoms with Crippen LogP contribution >= 0.6 is 0 Å². The van der Waals surface area contributed by atoms with E-state index in [1.807, 2.05) is 29.7 Å². The Kier molecular flexibility index (Phi) is 8.74. The van der Waals surface area contributed by atoms with Crippen molar-refractivity contribution in [3.05, 3.63) is 29.7 Å². The number of carboxylic acid groups (broad SMARTS) is 1. The first-order valence-electron chi connectivity index (χ1n) is 11.7. The summed E-state index contributed by atoms with van der Waals surface area (Å²) in [5, 5.41) is 11.6. The number of unbranched alkanes of at least 4 members (excludes halogenated alkanes) is 4. The SMILES string of the molecule is Cc1nc2c(OCC3CCCCC3)cccn2c1C(=O)NCCCCCCCC(=O)O. The van der Waals surface area contributed by atoms with Crippen LogP contribution in [0.2, 0.25) is 0 Å². The molecule has 0 atom stereocenters. The van der Waals surface area contributed by atoms with E-state index in [1.54, 1.807) is 0 Å². The second-order valence-corrected chi connectivity index (χ2v) is 8.59. The van der Waals surface area contributed by atoms with Gasteiger partial charge < -0.3 is 15.2 Å². The van der Waals surface area contributed by atoms with Crippen LogP contribution in [0.1, 0.15) is 86.8 Å². The summed E-state index contributed by atoms with van der Waals surface area (Å²) in [5.74, 6) is 0.479. The lowest BCUT2D eigenvalue weighted by molar-refractivity contribution is -0.137. The number of nitrogens with one attached hydrogen (secondary N) is 1. The standard InChI is InChI=1S/C24H35N3O4/c1-18-22(24(30)25-15-9-4-2-3-8-14-21(28)29)27-16-10-13-20(23(27)26-18)31-17-19-11-6-5-7-12-19/h10,13,16,19H,2-9,11-12,14-15,17H2,1H3,(H,25,30)(H,28,29). The minimum absolute atomic E-state index is 0.125. The number of nitrogens with zero attached hydrogens (tertiary/aromatic N) is 2. The number of aliphatic carboxylic acids is 1. The van der Waals surface area contributed by atoms with E-state index >= 15 is 0 Å². The predicted octanol–water partition coefficient (Wildman–Crippen LogP) is 4.76. The highest BCUT2D eigenvalue weighted by Gasteiger charge is 2.20. The van der Waals surface area contributed by atoms with Crippen LogP contribution in [0.3, 0.4) is 0 Å². The Labute approximate surface area is 184 Å². The van der Waals surface area contributed by atoms with Gasteiger partial charge in [0.2, 0.25) is 0 Å². The maximum atomic E-state index is 12.8. The van der Waals surface area contributed by atoms with Crippen LogP contribution in [0, 0.1) is 12.8 Å².